The first-order valence-electron chi connectivity index (χ1n) is 7.79. The largest absolute Gasteiger partial charge is 0.372 e. The maximum Gasteiger partial charge on any atom is 0.274 e. The monoisotopic (exact) mass is 297 g/mol. The van der Waals surface area contributed by atoms with Crippen molar-refractivity contribution in [3.63, 3.8) is 0 Å². The van der Waals surface area contributed by atoms with E-state index in [1.54, 1.807) is 6.20 Å². The Labute approximate surface area is 132 Å². The Kier molecular flexibility index (Phi) is 5.53. The number of para-hydroxylation sites is 1. The zero-order valence-electron chi connectivity index (χ0n) is 13.5. The molecule has 0 aliphatic rings. The van der Waals surface area contributed by atoms with Gasteiger partial charge in [0.25, 0.3) is 5.91 Å². The van der Waals surface area contributed by atoms with Crippen molar-refractivity contribution in [2.45, 2.75) is 27.2 Å². The summed E-state index contributed by atoms with van der Waals surface area (Å²) in [6.45, 7) is 8.08. The van der Waals surface area contributed by atoms with Gasteiger partial charge in [0, 0.05) is 30.7 Å². The van der Waals surface area contributed by atoms with E-state index in [9.17, 15) is 4.79 Å². The van der Waals surface area contributed by atoms with Crippen LogP contribution in [0.25, 0.3) is 0 Å². The lowest BCUT2D eigenvalue weighted by molar-refractivity contribution is 0.102. The maximum atomic E-state index is 12.4. The van der Waals surface area contributed by atoms with Crippen molar-refractivity contribution < 1.29 is 4.79 Å². The summed E-state index contributed by atoms with van der Waals surface area (Å²) in [5.41, 5.74) is 3.44. The van der Waals surface area contributed by atoms with Crippen LogP contribution in [0, 0.1) is 0 Å². The van der Waals surface area contributed by atoms with E-state index >= 15 is 0 Å². The molecule has 0 bridgehead atoms. The van der Waals surface area contributed by atoms with Gasteiger partial charge in [-0.25, -0.2) is 0 Å². The molecule has 1 aromatic heterocycles. The van der Waals surface area contributed by atoms with Crippen LogP contribution < -0.4 is 10.2 Å². The van der Waals surface area contributed by atoms with E-state index in [0.29, 0.717) is 5.69 Å². The Morgan fingerprint density at radius 1 is 1.14 bits per heavy atom. The van der Waals surface area contributed by atoms with Crippen LogP contribution in [0.2, 0.25) is 0 Å². The van der Waals surface area contributed by atoms with Gasteiger partial charge in [0.15, 0.2) is 0 Å². The molecule has 0 saturated heterocycles. The first-order chi connectivity index (χ1) is 10.7. The highest BCUT2D eigenvalue weighted by Gasteiger charge is 2.11. The summed E-state index contributed by atoms with van der Waals surface area (Å²) in [6, 6.07) is 11.6. The normalized spacial score (nSPS) is 10.3. The van der Waals surface area contributed by atoms with Gasteiger partial charge in [-0.2, -0.15) is 0 Å². The number of nitrogens with one attached hydrogen (secondary N) is 1. The number of hydrogen-bond donors (Lipinski definition) is 1. The molecule has 1 heterocycles. The van der Waals surface area contributed by atoms with Crippen molar-refractivity contribution in [1.82, 2.24) is 4.98 Å². The minimum atomic E-state index is -0.171. The maximum absolute atomic E-state index is 12.4. The standard InChI is InChI=1S/C18H23N3O/c1-4-14-9-7-8-10-16(14)20-18(22)17-13-15(11-12-19-17)21(5-2)6-3/h7-13H,4-6H2,1-3H3,(H,20,22). The lowest BCUT2D eigenvalue weighted by Crippen LogP contribution is -2.23. The molecule has 0 unspecified atom stereocenters. The number of rotatable bonds is 6. The second-order valence-corrected chi connectivity index (χ2v) is 5.04. The van der Waals surface area contributed by atoms with Crippen LogP contribution in [-0.2, 0) is 6.42 Å². The number of nitrogens with zero attached hydrogens (tertiary/aromatic N) is 2. The van der Waals surface area contributed by atoms with Crippen LogP contribution in [0.15, 0.2) is 42.6 Å². The molecule has 116 valence electrons. The highest BCUT2D eigenvalue weighted by atomic mass is 16.1. The molecule has 0 fully saturated rings. The third-order valence-corrected chi connectivity index (χ3v) is 3.75. The topological polar surface area (TPSA) is 45.2 Å². The van der Waals surface area contributed by atoms with E-state index in [2.05, 4.69) is 36.0 Å². The average molecular weight is 297 g/mol. The zero-order valence-corrected chi connectivity index (χ0v) is 13.5. The van der Waals surface area contributed by atoms with Crippen molar-refractivity contribution >= 4 is 17.3 Å². The van der Waals surface area contributed by atoms with Gasteiger partial charge in [0.1, 0.15) is 5.69 Å². The third-order valence-electron chi connectivity index (χ3n) is 3.75. The van der Waals surface area contributed by atoms with Crippen molar-refractivity contribution in [3.8, 4) is 0 Å². The highest BCUT2D eigenvalue weighted by molar-refractivity contribution is 6.03. The van der Waals surface area contributed by atoms with Crippen molar-refractivity contribution in [1.29, 1.82) is 0 Å². The number of aromatic nitrogens is 1. The van der Waals surface area contributed by atoms with Crippen molar-refractivity contribution in [2.24, 2.45) is 0 Å². The fourth-order valence-corrected chi connectivity index (χ4v) is 2.47. The Morgan fingerprint density at radius 3 is 2.55 bits per heavy atom. The van der Waals surface area contributed by atoms with E-state index in [1.807, 2.05) is 36.4 Å². The molecule has 0 spiro atoms. The smallest absolute Gasteiger partial charge is 0.274 e. The Hall–Kier alpha value is -2.36. The number of benzene rings is 1. The van der Waals surface area contributed by atoms with Crippen LogP contribution in [0.5, 0.6) is 0 Å². The molecule has 4 nitrogen and oxygen atoms in total. The number of hydrogen-bond acceptors (Lipinski definition) is 3. The Bertz CT molecular complexity index is 636. The molecule has 0 atom stereocenters. The molecular formula is C18H23N3O. The molecule has 1 aromatic carbocycles. The van der Waals surface area contributed by atoms with Crippen LogP contribution in [0.4, 0.5) is 11.4 Å². The zero-order chi connectivity index (χ0) is 15.9. The first-order valence-corrected chi connectivity index (χ1v) is 7.79. The second-order valence-electron chi connectivity index (χ2n) is 5.04. The Balaban J connectivity index is 2.21. The summed E-state index contributed by atoms with van der Waals surface area (Å²) in [6.07, 6.45) is 2.57. The number of pyridine rings is 1. The Morgan fingerprint density at radius 2 is 1.86 bits per heavy atom. The predicted molar refractivity (Wildman–Crippen MR) is 91.6 cm³/mol. The number of anilines is 2. The van der Waals surface area contributed by atoms with Gasteiger partial charge >= 0.3 is 0 Å². The lowest BCUT2D eigenvalue weighted by atomic mass is 10.1. The van der Waals surface area contributed by atoms with Crippen LogP contribution in [-0.4, -0.2) is 24.0 Å². The van der Waals surface area contributed by atoms with E-state index in [-0.39, 0.29) is 5.91 Å². The summed E-state index contributed by atoms with van der Waals surface area (Å²) in [5.74, 6) is -0.171. The summed E-state index contributed by atoms with van der Waals surface area (Å²) >= 11 is 0. The molecule has 0 radical (unpaired) electrons. The summed E-state index contributed by atoms with van der Waals surface area (Å²) in [5, 5.41) is 2.96. The van der Waals surface area contributed by atoms with Gasteiger partial charge in [-0.3, -0.25) is 9.78 Å². The fourth-order valence-electron chi connectivity index (χ4n) is 2.47. The molecule has 1 amide bonds. The van der Waals surface area contributed by atoms with Crippen LogP contribution in [0.1, 0.15) is 36.8 Å². The van der Waals surface area contributed by atoms with E-state index in [4.69, 9.17) is 0 Å². The molecule has 4 heteroatoms. The molecule has 2 aromatic rings. The molecule has 0 aliphatic heterocycles. The number of carbonyl (C=O) groups excluding carboxylic acids is 1. The van der Waals surface area contributed by atoms with E-state index < -0.39 is 0 Å². The van der Waals surface area contributed by atoms with E-state index in [1.165, 1.54) is 0 Å². The summed E-state index contributed by atoms with van der Waals surface area (Å²) in [4.78, 5) is 18.8. The van der Waals surface area contributed by atoms with Gasteiger partial charge in [0.2, 0.25) is 0 Å². The highest BCUT2D eigenvalue weighted by Crippen LogP contribution is 2.18. The van der Waals surface area contributed by atoms with Crippen LogP contribution in [0.3, 0.4) is 0 Å². The van der Waals surface area contributed by atoms with Gasteiger partial charge < -0.3 is 10.2 Å². The van der Waals surface area contributed by atoms with E-state index in [0.717, 1.165) is 36.4 Å². The number of amides is 1. The van der Waals surface area contributed by atoms with Gasteiger partial charge in [-0.15, -0.1) is 0 Å². The van der Waals surface area contributed by atoms with Gasteiger partial charge in [0.05, 0.1) is 0 Å². The molecule has 0 saturated carbocycles. The van der Waals surface area contributed by atoms with Crippen molar-refractivity contribution in [2.75, 3.05) is 23.3 Å². The lowest BCUT2D eigenvalue weighted by Gasteiger charge is -2.21. The van der Waals surface area contributed by atoms with Gasteiger partial charge in [-0.05, 0) is 44.0 Å². The molecule has 2 rings (SSSR count). The number of carbonyl (C=O) groups is 1. The minimum absolute atomic E-state index is 0.171. The van der Waals surface area contributed by atoms with Gasteiger partial charge in [-0.1, -0.05) is 25.1 Å². The SMILES string of the molecule is CCc1ccccc1NC(=O)c1cc(N(CC)CC)ccn1. The molecule has 22 heavy (non-hydrogen) atoms. The third kappa shape index (κ3) is 3.64. The van der Waals surface area contributed by atoms with Crippen LogP contribution >= 0.6 is 0 Å². The molecular weight excluding hydrogens is 274 g/mol. The number of aryl methyl sites for hydroxylation is 1. The first kappa shape index (κ1) is 16.0. The summed E-state index contributed by atoms with van der Waals surface area (Å²) in [7, 11) is 0. The minimum Gasteiger partial charge on any atom is -0.372 e. The summed E-state index contributed by atoms with van der Waals surface area (Å²) < 4.78 is 0. The van der Waals surface area contributed by atoms with Crippen molar-refractivity contribution in [3.05, 3.63) is 53.9 Å². The quantitative estimate of drug-likeness (QED) is 0.883. The molecule has 0 aliphatic carbocycles. The fraction of sp³-hybridized carbons (Fsp3) is 0.333. The average Bonchev–Trinajstić information content (AvgIpc) is 2.57. The second kappa shape index (κ2) is 7.59. The predicted octanol–water partition coefficient (Wildman–Crippen LogP) is 3.74. The molecule has 1 N–H and O–H groups in total.